The third kappa shape index (κ3) is 3.95. The third-order valence-electron chi connectivity index (χ3n) is 2.30. The number of hydrogen-bond acceptors (Lipinski definition) is 4. The van der Waals surface area contributed by atoms with Crippen LogP contribution in [0.2, 0.25) is 0 Å². The SMILES string of the molecule is COC(CN[C@H](C)c1cccnc1)OC. The number of pyridine rings is 1. The van der Waals surface area contributed by atoms with Gasteiger partial charge in [0.25, 0.3) is 0 Å². The first-order valence-corrected chi connectivity index (χ1v) is 4.96. The van der Waals surface area contributed by atoms with Crippen molar-refractivity contribution >= 4 is 0 Å². The lowest BCUT2D eigenvalue weighted by atomic mass is 10.1. The number of methoxy groups -OCH3 is 2. The van der Waals surface area contributed by atoms with Gasteiger partial charge >= 0.3 is 0 Å². The van der Waals surface area contributed by atoms with Crippen molar-refractivity contribution in [1.82, 2.24) is 10.3 Å². The molecule has 1 N–H and O–H groups in total. The van der Waals surface area contributed by atoms with Crippen molar-refractivity contribution in [3.63, 3.8) is 0 Å². The molecule has 4 nitrogen and oxygen atoms in total. The van der Waals surface area contributed by atoms with Gasteiger partial charge in [-0.15, -0.1) is 0 Å². The highest BCUT2D eigenvalue weighted by Crippen LogP contribution is 2.09. The van der Waals surface area contributed by atoms with Crippen LogP contribution in [0.15, 0.2) is 24.5 Å². The van der Waals surface area contributed by atoms with Crippen molar-refractivity contribution in [3.05, 3.63) is 30.1 Å². The van der Waals surface area contributed by atoms with Gasteiger partial charge in [0.2, 0.25) is 0 Å². The Balaban J connectivity index is 2.39. The minimum absolute atomic E-state index is 0.205. The lowest BCUT2D eigenvalue weighted by Gasteiger charge is -2.18. The van der Waals surface area contributed by atoms with E-state index in [9.17, 15) is 0 Å². The highest BCUT2D eigenvalue weighted by molar-refractivity contribution is 5.12. The first kappa shape index (κ1) is 12.1. The predicted octanol–water partition coefficient (Wildman–Crippen LogP) is 1.35. The standard InChI is InChI=1S/C11H18N2O2/c1-9(10-5-4-6-12-7-10)13-8-11(14-2)15-3/h4-7,9,11,13H,8H2,1-3H3/t9-/m1/s1. The second-order valence-corrected chi connectivity index (χ2v) is 3.32. The lowest BCUT2D eigenvalue weighted by molar-refractivity contribution is -0.0997. The average Bonchev–Trinajstić information content (AvgIpc) is 2.31. The number of aromatic nitrogens is 1. The quantitative estimate of drug-likeness (QED) is 0.720. The van der Waals surface area contributed by atoms with Crippen LogP contribution in [-0.4, -0.2) is 32.0 Å². The maximum absolute atomic E-state index is 5.09. The van der Waals surface area contributed by atoms with Gasteiger partial charge < -0.3 is 14.8 Å². The first-order chi connectivity index (χ1) is 7.27. The summed E-state index contributed by atoms with van der Waals surface area (Å²) < 4.78 is 10.2. The Morgan fingerprint density at radius 2 is 2.13 bits per heavy atom. The predicted molar refractivity (Wildman–Crippen MR) is 58.5 cm³/mol. The van der Waals surface area contributed by atoms with E-state index < -0.39 is 0 Å². The van der Waals surface area contributed by atoms with Crippen molar-refractivity contribution in [2.24, 2.45) is 0 Å². The van der Waals surface area contributed by atoms with Crippen molar-refractivity contribution < 1.29 is 9.47 Å². The molecule has 0 fully saturated rings. The Hall–Kier alpha value is -0.970. The van der Waals surface area contributed by atoms with Crippen molar-refractivity contribution in [1.29, 1.82) is 0 Å². The molecular weight excluding hydrogens is 192 g/mol. The summed E-state index contributed by atoms with van der Waals surface area (Å²) >= 11 is 0. The molecule has 0 saturated heterocycles. The van der Waals surface area contributed by atoms with Crippen LogP contribution in [0.5, 0.6) is 0 Å². The van der Waals surface area contributed by atoms with E-state index in [0.717, 1.165) is 5.56 Å². The highest BCUT2D eigenvalue weighted by atomic mass is 16.7. The van der Waals surface area contributed by atoms with Gasteiger partial charge in [0.1, 0.15) is 0 Å². The number of ether oxygens (including phenoxy) is 2. The van der Waals surface area contributed by atoms with Crippen LogP contribution in [-0.2, 0) is 9.47 Å². The van der Waals surface area contributed by atoms with Crippen LogP contribution in [0.1, 0.15) is 18.5 Å². The molecule has 0 bridgehead atoms. The fraction of sp³-hybridized carbons (Fsp3) is 0.545. The van der Waals surface area contributed by atoms with E-state index in [1.807, 2.05) is 18.3 Å². The minimum Gasteiger partial charge on any atom is -0.355 e. The average molecular weight is 210 g/mol. The maximum Gasteiger partial charge on any atom is 0.169 e. The van der Waals surface area contributed by atoms with E-state index in [1.165, 1.54) is 0 Å². The summed E-state index contributed by atoms with van der Waals surface area (Å²) in [4.78, 5) is 4.07. The number of nitrogens with zero attached hydrogens (tertiary/aromatic N) is 1. The van der Waals surface area contributed by atoms with E-state index in [0.29, 0.717) is 6.54 Å². The normalized spacial score (nSPS) is 13.1. The maximum atomic E-state index is 5.09. The van der Waals surface area contributed by atoms with Crippen LogP contribution < -0.4 is 5.32 Å². The molecule has 1 aromatic rings. The zero-order valence-electron chi connectivity index (χ0n) is 9.43. The Labute approximate surface area is 90.6 Å². The number of nitrogens with one attached hydrogen (secondary N) is 1. The molecule has 0 amide bonds. The summed E-state index contributed by atoms with van der Waals surface area (Å²) in [5.74, 6) is 0. The summed E-state index contributed by atoms with van der Waals surface area (Å²) in [6.45, 7) is 2.74. The molecule has 1 aromatic heterocycles. The molecule has 0 aliphatic rings. The molecule has 0 aliphatic carbocycles. The van der Waals surface area contributed by atoms with Gasteiger partial charge in [-0.25, -0.2) is 0 Å². The summed E-state index contributed by atoms with van der Waals surface area (Å²) in [5, 5.41) is 3.31. The van der Waals surface area contributed by atoms with E-state index in [-0.39, 0.29) is 12.3 Å². The molecule has 0 radical (unpaired) electrons. The monoisotopic (exact) mass is 210 g/mol. The Morgan fingerprint density at radius 1 is 1.40 bits per heavy atom. The second kappa shape index (κ2) is 6.50. The van der Waals surface area contributed by atoms with Gasteiger partial charge in [0.15, 0.2) is 6.29 Å². The van der Waals surface area contributed by atoms with Gasteiger partial charge in [-0.2, -0.15) is 0 Å². The summed E-state index contributed by atoms with van der Waals surface area (Å²) in [5.41, 5.74) is 1.16. The molecule has 0 unspecified atom stereocenters. The molecule has 1 atom stereocenters. The fourth-order valence-corrected chi connectivity index (χ4v) is 1.29. The Bertz CT molecular complexity index is 263. The van der Waals surface area contributed by atoms with Gasteiger partial charge in [0, 0.05) is 39.2 Å². The third-order valence-corrected chi connectivity index (χ3v) is 2.30. The smallest absolute Gasteiger partial charge is 0.169 e. The molecule has 15 heavy (non-hydrogen) atoms. The highest BCUT2D eigenvalue weighted by Gasteiger charge is 2.08. The van der Waals surface area contributed by atoms with Gasteiger partial charge in [-0.1, -0.05) is 6.07 Å². The topological polar surface area (TPSA) is 43.4 Å². The number of rotatable bonds is 6. The Kier molecular flexibility index (Phi) is 5.25. The molecule has 0 aliphatic heterocycles. The summed E-state index contributed by atoms with van der Waals surface area (Å²) in [6.07, 6.45) is 3.42. The van der Waals surface area contributed by atoms with Crippen LogP contribution in [0.3, 0.4) is 0 Å². The van der Waals surface area contributed by atoms with Gasteiger partial charge in [0.05, 0.1) is 0 Å². The van der Waals surface area contributed by atoms with E-state index in [1.54, 1.807) is 20.4 Å². The summed E-state index contributed by atoms with van der Waals surface area (Å²) in [6, 6.07) is 4.21. The molecule has 1 heterocycles. The van der Waals surface area contributed by atoms with E-state index in [2.05, 4.69) is 17.2 Å². The number of hydrogen-bond donors (Lipinski definition) is 1. The molecule has 4 heteroatoms. The molecule has 0 aromatic carbocycles. The minimum atomic E-state index is -0.205. The molecule has 1 rings (SSSR count). The second-order valence-electron chi connectivity index (χ2n) is 3.32. The fourth-order valence-electron chi connectivity index (χ4n) is 1.29. The van der Waals surface area contributed by atoms with Crippen molar-refractivity contribution in [3.8, 4) is 0 Å². The molecule has 0 saturated carbocycles. The van der Waals surface area contributed by atoms with Crippen LogP contribution in [0.4, 0.5) is 0 Å². The van der Waals surface area contributed by atoms with Crippen LogP contribution in [0, 0.1) is 0 Å². The van der Waals surface area contributed by atoms with Crippen LogP contribution >= 0.6 is 0 Å². The zero-order chi connectivity index (χ0) is 11.1. The molecule has 84 valence electrons. The largest absolute Gasteiger partial charge is 0.355 e. The van der Waals surface area contributed by atoms with Gasteiger partial charge in [-0.3, -0.25) is 4.98 Å². The van der Waals surface area contributed by atoms with E-state index >= 15 is 0 Å². The lowest BCUT2D eigenvalue weighted by Crippen LogP contribution is -2.31. The van der Waals surface area contributed by atoms with E-state index in [4.69, 9.17) is 9.47 Å². The zero-order valence-corrected chi connectivity index (χ0v) is 9.43. The summed E-state index contributed by atoms with van der Waals surface area (Å²) in [7, 11) is 3.26. The van der Waals surface area contributed by atoms with Gasteiger partial charge in [-0.05, 0) is 18.6 Å². The van der Waals surface area contributed by atoms with Crippen molar-refractivity contribution in [2.45, 2.75) is 19.3 Å². The molecular formula is C11H18N2O2. The van der Waals surface area contributed by atoms with Crippen molar-refractivity contribution in [2.75, 3.05) is 20.8 Å². The molecule has 0 spiro atoms. The first-order valence-electron chi connectivity index (χ1n) is 4.96. The van der Waals surface area contributed by atoms with Crippen LogP contribution in [0.25, 0.3) is 0 Å². The Morgan fingerprint density at radius 3 is 2.67 bits per heavy atom.